The maximum atomic E-state index is 12.2. The van der Waals surface area contributed by atoms with Crippen molar-refractivity contribution in [3.05, 3.63) is 68.3 Å². The zero-order valence-corrected chi connectivity index (χ0v) is 13.5. The van der Waals surface area contributed by atoms with Crippen molar-refractivity contribution >= 4 is 50.8 Å². The predicted octanol–water partition coefficient (Wildman–Crippen LogP) is 3.62. The summed E-state index contributed by atoms with van der Waals surface area (Å²) in [5, 5.41) is 15.5. The summed E-state index contributed by atoms with van der Waals surface area (Å²) in [7, 11) is 0. The lowest BCUT2D eigenvalue weighted by molar-refractivity contribution is -0.384. The molecule has 0 saturated heterocycles. The van der Waals surface area contributed by atoms with Crippen LogP contribution < -0.4 is 5.43 Å². The van der Waals surface area contributed by atoms with Crippen molar-refractivity contribution < 1.29 is 9.72 Å². The minimum Gasteiger partial charge on any atom is -0.266 e. The van der Waals surface area contributed by atoms with Crippen LogP contribution in [-0.2, 0) is 0 Å². The first-order valence-electron chi connectivity index (χ1n) is 6.67. The van der Waals surface area contributed by atoms with Gasteiger partial charge in [-0.3, -0.25) is 19.9 Å². The summed E-state index contributed by atoms with van der Waals surface area (Å²) in [6.45, 7) is 0. The van der Waals surface area contributed by atoms with Gasteiger partial charge in [-0.2, -0.15) is 5.10 Å². The molecule has 2 aromatic heterocycles. The molecule has 0 aliphatic heterocycles. The molecule has 2 heterocycles. The number of nitrogens with one attached hydrogen (secondary N) is 1. The number of aromatic nitrogens is 1. The number of hydrogen-bond donors (Lipinski definition) is 1. The molecule has 120 valence electrons. The molecule has 7 nitrogen and oxygen atoms in total. The molecule has 0 aliphatic carbocycles. The maximum absolute atomic E-state index is 12.2. The Balaban J connectivity index is 1.83. The first kappa shape index (κ1) is 16.0. The van der Waals surface area contributed by atoms with E-state index in [4.69, 9.17) is 11.6 Å². The molecular formula is C15H9ClN4O3S. The van der Waals surface area contributed by atoms with Crippen LogP contribution in [0.4, 0.5) is 5.69 Å². The molecule has 0 spiro atoms. The number of hydrogen-bond acceptors (Lipinski definition) is 6. The van der Waals surface area contributed by atoms with Crippen molar-refractivity contribution in [2.75, 3.05) is 0 Å². The van der Waals surface area contributed by atoms with Crippen molar-refractivity contribution in [1.82, 2.24) is 10.4 Å². The number of rotatable bonds is 4. The van der Waals surface area contributed by atoms with Crippen LogP contribution in [0.5, 0.6) is 0 Å². The van der Waals surface area contributed by atoms with Crippen LogP contribution in [-0.4, -0.2) is 22.0 Å². The number of pyridine rings is 1. The summed E-state index contributed by atoms with van der Waals surface area (Å²) in [6, 6.07) is 9.57. The van der Waals surface area contributed by atoms with Gasteiger partial charge in [0.15, 0.2) is 0 Å². The minimum absolute atomic E-state index is 0.0550. The third-order valence-corrected chi connectivity index (χ3v) is 4.74. The first-order chi connectivity index (χ1) is 11.6. The number of non-ortho nitro benzene ring substituents is 1. The van der Waals surface area contributed by atoms with Gasteiger partial charge in [-0.05, 0) is 18.2 Å². The number of hydrazone groups is 1. The summed E-state index contributed by atoms with van der Waals surface area (Å²) in [5.74, 6) is -0.490. The molecule has 3 aromatic rings. The fraction of sp³-hybridized carbons (Fsp3) is 0. The van der Waals surface area contributed by atoms with Gasteiger partial charge in [-0.1, -0.05) is 17.7 Å². The van der Waals surface area contributed by atoms with E-state index in [-0.39, 0.29) is 15.6 Å². The second-order valence-electron chi connectivity index (χ2n) is 4.64. The van der Waals surface area contributed by atoms with Crippen molar-refractivity contribution in [3.63, 3.8) is 0 Å². The normalized spacial score (nSPS) is 11.0. The third-order valence-electron chi connectivity index (χ3n) is 3.08. The van der Waals surface area contributed by atoms with E-state index in [1.54, 1.807) is 24.4 Å². The molecule has 24 heavy (non-hydrogen) atoms. The number of nitro groups is 1. The molecule has 0 bridgehead atoms. The average molecular weight is 361 g/mol. The van der Waals surface area contributed by atoms with Crippen LogP contribution >= 0.6 is 22.9 Å². The van der Waals surface area contributed by atoms with Gasteiger partial charge in [0, 0.05) is 28.4 Å². The van der Waals surface area contributed by atoms with Gasteiger partial charge in [-0.25, -0.2) is 5.43 Å². The van der Waals surface area contributed by atoms with Crippen molar-refractivity contribution in [2.24, 2.45) is 5.10 Å². The molecule has 9 heteroatoms. The van der Waals surface area contributed by atoms with Crippen molar-refractivity contribution in [3.8, 4) is 0 Å². The number of amides is 1. The fourth-order valence-electron chi connectivity index (χ4n) is 1.97. The number of benzene rings is 1. The Kier molecular flexibility index (Phi) is 4.50. The Morgan fingerprint density at radius 3 is 2.92 bits per heavy atom. The number of halogens is 1. The van der Waals surface area contributed by atoms with E-state index in [0.29, 0.717) is 15.8 Å². The number of nitrogens with zero attached hydrogens (tertiary/aromatic N) is 3. The van der Waals surface area contributed by atoms with E-state index >= 15 is 0 Å². The lowest BCUT2D eigenvalue weighted by Gasteiger charge is -1.97. The second kappa shape index (κ2) is 6.73. The summed E-state index contributed by atoms with van der Waals surface area (Å²) in [6.07, 6.45) is 3.02. The lowest BCUT2D eigenvalue weighted by atomic mass is 10.2. The number of fused-ring (bicyclic) bond motifs is 1. The van der Waals surface area contributed by atoms with Gasteiger partial charge in [-0.15, -0.1) is 11.3 Å². The molecule has 1 aromatic carbocycles. The number of carbonyl (C=O) groups is 1. The van der Waals surface area contributed by atoms with Crippen LogP contribution in [0.3, 0.4) is 0 Å². The Bertz CT molecular complexity index is 956. The Hall–Kier alpha value is -2.84. The Morgan fingerprint density at radius 1 is 1.38 bits per heavy atom. The molecule has 3 rings (SSSR count). The molecule has 0 radical (unpaired) electrons. The van der Waals surface area contributed by atoms with Gasteiger partial charge in [0.25, 0.3) is 11.6 Å². The quantitative estimate of drug-likeness (QED) is 0.436. The first-order valence-corrected chi connectivity index (χ1v) is 7.86. The van der Waals surface area contributed by atoms with E-state index in [1.807, 2.05) is 0 Å². The van der Waals surface area contributed by atoms with Crippen molar-refractivity contribution in [2.45, 2.75) is 0 Å². The SMILES string of the molecule is O=C(NN=Cc1ccccn1)c1sc2cc([N+](=O)[O-])ccc2c1Cl. The highest BCUT2D eigenvalue weighted by Crippen LogP contribution is 2.37. The van der Waals surface area contributed by atoms with E-state index in [0.717, 1.165) is 11.3 Å². The minimum atomic E-state index is -0.496. The van der Waals surface area contributed by atoms with E-state index in [9.17, 15) is 14.9 Å². The van der Waals surface area contributed by atoms with E-state index in [2.05, 4.69) is 15.5 Å². The second-order valence-corrected chi connectivity index (χ2v) is 6.07. The van der Waals surface area contributed by atoms with Gasteiger partial charge in [0.2, 0.25) is 0 Å². The molecule has 0 saturated carbocycles. The monoisotopic (exact) mass is 360 g/mol. The van der Waals surface area contributed by atoms with Crippen LogP contribution in [0.1, 0.15) is 15.4 Å². The van der Waals surface area contributed by atoms with Crippen LogP contribution in [0.2, 0.25) is 5.02 Å². The highest BCUT2D eigenvalue weighted by Gasteiger charge is 2.18. The molecule has 0 unspecified atom stereocenters. The van der Waals surface area contributed by atoms with E-state index < -0.39 is 10.8 Å². The molecular weight excluding hydrogens is 352 g/mol. The van der Waals surface area contributed by atoms with Crippen LogP contribution in [0.25, 0.3) is 10.1 Å². The lowest BCUT2D eigenvalue weighted by Crippen LogP contribution is -2.16. The number of thiophene rings is 1. The predicted molar refractivity (Wildman–Crippen MR) is 92.8 cm³/mol. The summed E-state index contributed by atoms with van der Waals surface area (Å²) in [5.41, 5.74) is 2.91. The van der Waals surface area contributed by atoms with Crippen molar-refractivity contribution in [1.29, 1.82) is 0 Å². The van der Waals surface area contributed by atoms with Gasteiger partial charge in [0.05, 0.1) is 21.9 Å². The summed E-state index contributed by atoms with van der Waals surface area (Å²) in [4.78, 5) is 26.8. The molecule has 0 atom stereocenters. The molecule has 0 aliphatic rings. The van der Waals surface area contributed by atoms with Gasteiger partial charge in [0.1, 0.15) is 4.88 Å². The number of nitro benzene ring substituents is 1. The smallest absolute Gasteiger partial charge is 0.266 e. The van der Waals surface area contributed by atoms with E-state index in [1.165, 1.54) is 24.4 Å². The van der Waals surface area contributed by atoms with Crippen LogP contribution in [0, 0.1) is 10.1 Å². The van der Waals surface area contributed by atoms with Crippen LogP contribution in [0.15, 0.2) is 47.7 Å². The topological polar surface area (TPSA) is 97.5 Å². The average Bonchev–Trinajstić information content (AvgIpc) is 2.92. The number of carbonyl (C=O) groups excluding carboxylic acids is 1. The highest BCUT2D eigenvalue weighted by molar-refractivity contribution is 7.21. The molecule has 1 N–H and O–H groups in total. The zero-order valence-electron chi connectivity index (χ0n) is 12.0. The highest BCUT2D eigenvalue weighted by atomic mass is 35.5. The van der Waals surface area contributed by atoms with Gasteiger partial charge < -0.3 is 0 Å². The zero-order chi connectivity index (χ0) is 17.1. The van der Waals surface area contributed by atoms with Gasteiger partial charge >= 0.3 is 0 Å². The molecule has 1 amide bonds. The Morgan fingerprint density at radius 2 is 2.21 bits per heavy atom. The largest absolute Gasteiger partial charge is 0.283 e. The standard InChI is InChI=1S/C15H9ClN4O3S/c16-13-11-5-4-10(20(22)23)7-12(11)24-14(13)15(21)19-18-8-9-3-1-2-6-17-9/h1-8H,(H,19,21). The third kappa shape index (κ3) is 3.24. The fourth-order valence-corrected chi connectivity index (χ4v) is 3.41. The summed E-state index contributed by atoms with van der Waals surface area (Å²) < 4.78 is 0.563. The summed E-state index contributed by atoms with van der Waals surface area (Å²) >= 11 is 7.27. The maximum Gasteiger partial charge on any atom is 0.283 e. The molecule has 0 fully saturated rings. The Labute approximate surface area is 144 Å².